The molecule has 0 heterocycles. The van der Waals surface area contributed by atoms with Gasteiger partial charge in [-0.25, -0.2) is 0 Å². The Hall–Kier alpha value is -1.64. The predicted octanol–water partition coefficient (Wildman–Crippen LogP) is 4.14. The van der Waals surface area contributed by atoms with E-state index in [1.807, 2.05) is 0 Å². The fourth-order valence-electron chi connectivity index (χ4n) is 4.43. The summed E-state index contributed by atoms with van der Waals surface area (Å²) in [6.45, 7) is 1.88. The second-order valence-electron chi connectivity index (χ2n) is 7.10. The zero-order valence-corrected chi connectivity index (χ0v) is 14.1. The number of ether oxygens (including phenoxy) is 1. The minimum absolute atomic E-state index is 0.228. The average Bonchev–Trinajstić information content (AvgIpc) is 2.59. The maximum atomic E-state index is 6.63. The highest BCUT2D eigenvalue weighted by molar-refractivity contribution is 5.57. The van der Waals surface area contributed by atoms with Crippen LogP contribution in [0.15, 0.2) is 48.5 Å². The van der Waals surface area contributed by atoms with Gasteiger partial charge in [0.25, 0.3) is 0 Å². The standard InChI is InChI=1S/C21H25NO/c1-22(2)14-7-15-23-21-13-12-16(17-8-3-5-10-19(17)21)18-9-4-6-11-20(18)21/h3-6,8-11,16H,7,12-15H2,1-2H3. The van der Waals surface area contributed by atoms with E-state index in [2.05, 4.69) is 67.5 Å². The SMILES string of the molecule is CN(C)CCCOC12CCC(c3ccccc31)c1ccccc12. The Bertz CT molecular complexity index is 659. The Morgan fingerprint density at radius 1 is 1.00 bits per heavy atom. The number of nitrogens with zero attached hydrogens (tertiary/aromatic N) is 1. The van der Waals surface area contributed by atoms with Crippen molar-refractivity contribution < 1.29 is 4.74 Å². The molecule has 2 bridgehead atoms. The van der Waals surface area contributed by atoms with Crippen LogP contribution in [0.2, 0.25) is 0 Å². The maximum absolute atomic E-state index is 6.63. The fourth-order valence-corrected chi connectivity index (χ4v) is 4.43. The van der Waals surface area contributed by atoms with Crippen LogP contribution in [0.3, 0.4) is 0 Å². The summed E-state index contributed by atoms with van der Waals surface area (Å²) in [4.78, 5) is 2.22. The minimum atomic E-state index is -0.228. The van der Waals surface area contributed by atoms with E-state index in [4.69, 9.17) is 4.74 Å². The average molecular weight is 307 g/mol. The Labute approximate surface area is 139 Å². The summed E-state index contributed by atoms with van der Waals surface area (Å²) in [5.74, 6) is 0.551. The van der Waals surface area contributed by atoms with E-state index >= 15 is 0 Å². The van der Waals surface area contributed by atoms with Gasteiger partial charge in [-0.05, 0) is 62.2 Å². The molecule has 0 aliphatic heterocycles. The van der Waals surface area contributed by atoms with Crippen molar-refractivity contribution in [3.05, 3.63) is 70.8 Å². The summed E-state index contributed by atoms with van der Waals surface area (Å²) < 4.78 is 6.63. The zero-order chi connectivity index (χ0) is 15.9. The number of benzene rings is 2. The number of hydrogen-bond donors (Lipinski definition) is 0. The summed E-state index contributed by atoms with van der Waals surface area (Å²) in [6, 6.07) is 17.8. The molecule has 0 saturated carbocycles. The quantitative estimate of drug-likeness (QED) is 0.770. The molecule has 0 atom stereocenters. The Morgan fingerprint density at radius 3 is 2.22 bits per heavy atom. The normalized spacial score (nSPS) is 24.6. The largest absolute Gasteiger partial charge is 0.365 e. The number of fused-ring (bicyclic) bond motifs is 1. The van der Waals surface area contributed by atoms with Crippen LogP contribution < -0.4 is 0 Å². The third-order valence-electron chi connectivity index (χ3n) is 5.43. The van der Waals surface area contributed by atoms with Crippen LogP contribution in [0.25, 0.3) is 0 Å². The van der Waals surface area contributed by atoms with E-state index in [1.165, 1.54) is 28.7 Å². The van der Waals surface area contributed by atoms with E-state index in [0.717, 1.165) is 26.0 Å². The first-order valence-electron chi connectivity index (χ1n) is 8.70. The Morgan fingerprint density at radius 2 is 1.61 bits per heavy atom. The molecular formula is C21H25NO. The molecule has 3 aliphatic carbocycles. The van der Waals surface area contributed by atoms with Gasteiger partial charge in [0.2, 0.25) is 0 Å². The maximum Gasteiger partial charge on any atom is 0.119 e. The van der Waals surface area contributed by atoms with Gasteiger partial charge in [0.15, 0.2) is 0 Å². The van der Waals surface area contributed by atoms with Gasteiger partial charge in [0.05, 0.1) is 0 Å². The first-order valence-corrected chi connectivity index (χ1v) is 8.70. The number of rotatable bonds is 5. The molecule has 0 fully saturated rings. The highest BCUT2D eigenvalue weighted by Crippen LogP contribution is 2.56. The molecule has 0 aromatic heterocycles. The van der Waals surface area contributed by atoms with Crippen molar-refractivity contribution in [1.82, 2.24) is 4.90 Å². The third-order valence-corrected chi connectivity index (χ3v) is 5.43. The summed E-state index contributed by atoms with van der Waals surface area (Å²) in [6.07, 6.45) is 3.37. The highest BCUT2D eigenvalue weighted by Gasteiger charge is 2.48. The lowest BCUT2D eigenvalue weighted by molar-refractivity contribution is -0.0415. The van der Waals surface area contributed by atoms with Crippen molar-refractivity contribution in [2.45, 2.75) is 30.8 Å². The summed E-state index contributed by atoms with van der Waals surface area (Å²) in [7, 11) is 4.24. The van der Waals surface area contributed by atoms with E-state index in [1.54, 1.807) is 0 Å². The first-order chi connectivity index (χ1) is 11.2. The van der Waals surface area contributed by atoms with E-state index in [-0.39, 0.29) is 5.60 Å². The van der Waals surface area contributed by atoms with Gasteiger partial charge in [-0.3, -0.25) is 0 Å². The summed E-state index contributed by atoms with van der Waals surface area (Å²) in [5.41, 5.74) is 5.53. The van der Waals surface area contributed by atoms with Gasteiger partial charge >= 0.3 is 0 Å². The molecule has 23 heavy (non-hydrogen) atoms. The molecular weight excluding hydrogens is 282 g/mol. The monoisotopic (exact) mass is 307 g/mol. The zero-order valence-electron chi connectivity index (χ0n) is 14.1. The van der Waals surface area contributed by atoms with Gasteiger partial charge in [-0.2, -0.15) is 0 Å². The molecule has 0 N–H and O–H groups in total. The van der Waals surface area contributed by atoms with Crippen LogP contribution in [0, 0.1) is 0 Å². The van der Waals surface area contributed by atoms with E-state index in [0.29, 0.717) is 5.92 Å². The summed E-state index contributed by atoms with van der Waals surface area (Å²) >= 11 is 0. The van der Waals surface area contributed by atoms with Gasteiger partial charge < -0.3 is 9.64 Å². The van der Waals surface area contributed by atoms with Crippen molar-refractivity contribution in [3.8, 4) is 0 Å². The van der Waals surface area contributed by atoms with Crippen molar-refractivity contribution in [2.24, 2.45) is 0 Å². The highest BCUT2D eigenvalue weighted by atomic mass is 16.5. The van der Waals surface area contributed by atoms with Crippen LogP contribution in [0.4, 0.5) is 0 Å². The van der Waals surface area contributed by atoms with Crippen LogP contribution in [-0.4, -0.2) is 32.1 Å². The van der Waals surface area contributed by atoms with Gasteiger partial charge in [-0.15, -0.1) is 0 Å². The van der Waals surface area contributed by atoms with Crippen LogP contribution in [-0.2, 0) is 10.3 Å². The van der Waals surface area contributed by atoms with Crippen LogP contribution in [0.1, 0.15) is 47.4 Å². The summed E-state index contributed by atoms with van der Waals surface area (Å²) in [5, 5.41) is 0. The smallest absolute Gasteiger partial charge is 0.119 e. The Kier molecular flexibility index (Phi) is 3.74. The second kappa shape index (κ2) is 5.77. The molecule has 0 saturated heterocycles. The molecule has 120 valence electrons. The van der Waals surface area contributed by atoms with Crippen molar-refractivity contribution in [3.63, 3.8) is 0 Å². The van der Waals surface area contributed by atoms with Gasteiger partial charge in [-0.1, -0.05) is 48.5 Å². The molecule has 0 amide bonds. The molecule has 0 unspecified atom stereocenters. The van der Waals surface area contributed by atoms with Crippen molar-refractivity contribution in [1.29, 1.82) is 0 Å². The van der Waals surface area contributed by atoms with Crippen molar-refractivity contribution >= 4 is 0 Å². The molecule has 2 aromatic rings. The lowest BCUT2D eigenvalue weighted by Gasteiger charge is -2.49. The van der Waals surface area contributed by atoms with E-state index < -0.39 is 0 Å². The molecule has 2 aromatic carbocycles. The molecule has 2 heteroatoms. The van der Waals surface area contributed by atoms with Gasteiger partial charge in [0.1, 0.15) is 5.60 Å². The van der Waals surface area contributed by atoms with Crippen molar-refractivity contribution in [2.75, 3.05) is 27.2 Å². The predicted molar refractivity (Wildman–Crippen MR) is 93.9 cm³/mol. The molecule has 3 aliphatic rings. The molecule has 0 spiro atoms. The second-order valence-corrected chi connectivity index (χ2v) is 7.10. The van der Waals surface area contributed by atoms with Crippen LogP contribution >= 0.6 is 0 Å². The minimum Gasteiger partial charge on any atom is -0.365 e. The third kappa shape index (κ3) is 2.32. The first kappa shape index (κ1) is 14.9. The topological polar surface area (TPSA) is 12.5 Å². The van der Waals surface area contributed by atoms with Gasteiger partial charge in [0, 0.05) is 12.5 Å². The van der Waals surface area contributed by atoms with Crippen LogP contribution in [0.5, 0.6) is 0 Å². The Balaban J connectivity index is 1.73. The molecule has 5 rings (SSSR count). The molecule has 2 nitrogen and oxygen atoms in total. The lowest BCUT2D eigenvalue weighted by atomic mass is 9.61. The molecule has 0 radical (unpaired) electrons. The number of hydrogen-bond acceptors (Lipinski definition) is 2. The van der Waals surface area contributed by atoms with E-state index in [9.17, 15) is 0 Å². The lowest BCUT2D eigenvalue weighted by Crippen LogP contribution is -2.42. The fraction of sp³-hybridized carbons (Fsp3) is 0.429.